The maximum absolute atomic E-state index is 11.7. The molecule has 0 radical (unpaired) electrons. The Hall–Kier alpha value is -0.980. The van der Waals surface area contributed by atoms with Gasteiger partial charge in [0.1, 0.15) is 12.2 Å². The van der Waals surface area contributed by atoms with Gasteiger partial charge in [0, 0.05) is 19.1 Å². The number of fused-ring (bicyclic) bond motifs is 1. The summed E-state index contributed by atoms with van der Waals surface area (Å²) in [5, 5.41) is 0.776. The highest BCUT2D eigenvalue weighted by molar-refractivity contribution is 7.84. The number of rotatable bonds is 6. The number of halogens is 1. The molecule has 0 aliphatic rings. The molecule has 2 aromatic rings. The predicted octanol–water partition coefficient (Wildman–Crippen LogP) is 2.60. The maximum atomic E-state index is 11.7. The number of nitrogens with zero attached hydrogens (tertiary/aromatic N) is 3. The summed E-state index contributed by atoms with van der Waals surface area (Å²) in [6.45, 7) is 3.10. The lowest BCUT2D eigenvalue weighted by Crippen LogP contribution is -2.08. The van der Waals surface area contributed by atoms with E-state index in [2.05, 4.69) is 16.9 Å². The second-order valence-corrected chi connectivity index (χ2v) is 5.77. The molecule has 104 valence electrons. The van der Waals surface area contributed by atoms with Crippen LogP contribution in [0.5, 0.6) is 0 Å². The molecule has 5 nitrogen and oxygen atoms in total. The molecule has 7 heteroatoms. The van der Waals surface area contributed by atoms with Gasteiger partial charge in [-0.05, 0) is 12.5 Å². The first-order valence-electron chi connectivity index (χ1n) is 6.07. The van der Waals surface area contributed by atoms with E-state index in [0.717, 1.165) is 18.4 Å². The Bertz CT molecular complexity index is 600. The van der Waals surface area contributed by atoms with Crippen LogP contribution < -0.4 is 0 Å². The quantitative estimate of drug-likeness (QED) is 0.608. The van der Waals surface area contributed by atoms with Gasteiger partial charge < -0.3 is 4.74 Å². The molecule has 0 saturated heterocycles. The standard InChI is InChI=1S/C12H16ClN3O2S/c1-3-4-7-18-8-16-9-5-6-14-11(13)10(9)15-12(16)19(2)17/h5-6H,3-4,7-8H2,1-2H3. The summed E-state index contributed by atoms with van der Waals surface area (Å²) in [7, 11) is -1.20. The van der Waals surface area contributed by atoms with Crippen LogP contribution in [-0.4, -0.2) is 31.6 Å². The van der Waals surface area contributed by atoms with E-state index in [9.17, 15) is 4.21 Å². The van der Waals surface area contributed by atoms with Crippen LogP contribution in [0, 0.1) is 0 Å². The van der Waals surface area contributed by atoms with Crippen LogP contribution in [0.2, 0.25) is 5.15 Å². The molecule has 2 heterocycles. The molecule has 2 aromatic heterocycles. The van der Waals surface area contributed by atoms with E-state index in [4.69, 9.17) is 16.3 Å². The highest BCUT2D eigenvalue weighted by atomic mass is 35.5. The first-order chi connectivity index (χ1) is 9.15. The molecule has 0 bridgehead atoms. The summed E-state index contributed by atoms with van der Waals surface area (Å²) in [4.78, 5) is 8.28. The van der Waals surface area contributed by atoms with E-state index in [1.807, 2.05) is 0 Å². The van der Waals surface area contributed by atoms with Crippen LogP contribution in [0.3, 0.4) is 0 Å². The highest BCUT2D eigenvalue weighted by Gasteiger charge is 2.15. The van der Waals surface area contributed by atoms with E-state index < -0.39 is 10.8 Å². The van der Waals surface area contributed by atoms with Crippen molar-refractivity contribution in [1.29, 1.82) is 0 Å². The normalized spacial score (nSPS) is 13.0. The molecule has 2 rings (SSSR count). The van der Waals surface area contributed by atoms with Crippen LogP contribution >= 0.6 is 11.6 Å². The van der Waals surface area contributed by atoms with Gasteiger partial charge in [-0.15, -0.1) is 0 Å². The van der Waals surface area contributed by atoms with Gasteiger partial charge in [-0.25, -0.2) is 9.97 Å². The van der Waals surface area contributed by atoms with E-state index >= 15 is 0 Å². The van der Waals surface area contributed by atoms with E-state index in [-0.39, 0.29) is 0 Å². The van der Waals surface area contributed by atoms with E-state index in [0.29, 0.717) is 29.2 Å². The zero-order valence-electron chi connectivity index (χ0n) is 10.9. The average molecular weight is 302 g/mol. The molecular weight excluding hydrogens is 286 g/mol. The van der Waals surface area contributed by atoms with Crippen molar-refractivity contribution < 1.29 is 8.95 Å². The largest absolute Gasteiger partial charge is 0.361 e. The average Bonchev–Trinajstić information content (AvgIpc) is 2.75. The molecule has 1 atom stereocenters. The Morgan fingerprint density at radius 2 is 2.32 bits per heavy atom. The van der Waals surface area contributed by atoms with Crippen LogP contribution in [0.15, 0.2) is 17.4 Å². The van der Waals surface area contributed by atoms with Gasteiger partial charge in [0.05, 0.1) is 16.3 Å². The number of unbranched alkanes of at least 4 members (excludes halogenated alkanes) is 1. The van der Waals surface area contributed by atoms with Crippen molar-refractivity contribution in [2.75, 3.05) is 12.9 Å². The molecule has 0 fully saturated rings. The Balaban J connectivity index is 2.36. The van der Waals surface area contributed by atoms with Crippen molar-refractivity contribution in [3.63, 3.8) is 0 Å². The zero-order valence-corrected chi connectivity index (χ0v) is 12.5. The minimum absolute atomic E-state index is 0.316. The zero-order chi connectivity index (χ0) is 13.8. The molecule has 0 saturated carbocycles. The Morgan fingerprint density at radius 3 is 3.00 bits per heavy atom. The molecule has 0 aromatic carbocycles. The van der Waals surface area contributed by atoms with Gasteiger partial charge in [-0.1, -0.05) is 24.9 Å². The third-order valence-corrected chi connectivity index (χ3v) is 3.81. The lowest BCUT2D eigenvalue weighted by molar-refractivity contribution is 0.0719. The third kappa shape index (κ3) is 3.13. The molecular formula is C12H16ClN3O2S. The van der Waals surface area contributed by atoms with Crippen LogP contribution in [-0.2, 0) is 22.3 Å². The number of hydrogen-bond donors (Lipinski definition) is 0. The molecule has 19 heavy (non-hydrogen) atoms. The summed E-state index contributed by atoms with van der Waals surface area (Å²) in [5.41, 5.74) is 1.36. The smallest absolute Gasteiger partial charge is 0.201 e. The minimum atomic E-state index is -1.20. The molecule has 0 amide bonds. The second kappa shape index (κ2) is 6.45. The van der Waals surface area contributed by atoms with Gasteiger partial charge in [0.15, 0.2) is 5.15 Å². The van der Waals surface area contributed by atoms with Crippen molar-refractivity contribution in [2.45, 2.75) is 31.7 Å². The monoisotopic (exact) mass is 301 g/mol. The summed E-state index contributed by atoms with van der Waals surface area (Å²) < 4.78 is 19.1. The highest BCUT2D eigenvalue weighted by Crippen LogP contribution is 2.23. The topological polar surface area (TPSA) is 57.0 Å². The molecule has 0 aliphatic heterocycles. The summed E-state index contributed by atoms with van der Waals surface area (Å²) in [6, 6.07) is 1.80. The fourth-order valence-corrected chi connectivity index (χ4v) is 2.62. The summed E-state index contributed by atoms with van der Waals surface area (Å²) in [6.07, 6.45) is 5.27. The van der Waals surface area contributed by atoms with Crippen molar-refractivity contribution in [3.8, 4) is 0 Å². The van der Waals surface area contributed by atoms with Gasteiger partial charge in [-0.2, -0.15) is 0 Å². The SMILES string of the molecule is CCCCOCn1c(S(C)=O)nc2c(Cl)nccc21. The Morgan fingerprint density at radius 1 is 1.53 bits per heavy atom. The third-order valence-electron chi connectivity index (χ3n) is 2.71. The lowest BCUT2D eigenvalue weighted by atomic mass is 10.4. The summed E-state index contributed by atoms with van der Waals surface area (Å²) >= 11 is 6.00. The second-order valence-electron chi connectivity index (χ2n) is 4.14. The Labute approximate surface area is 119 Å². The van der Waals surface area contributed by atoms with Crippen LogP contribution in [0.1, 0.15) is 19.8 Å². The van der Waals surface area contributed by atoms with Gasteiger partial charge in [0.25, 0.3) is 0 Å². The van der Waals surface area contributed by atoms with Gasteiger partial charge in [0.2, 0.25) is 5.16 Å². The summed E-state index contributed by atoms with van der Waals surface area (Å²) in [5.74, 6) is 0. The van der Waals surface area contributed by atoms with Gasteiger partial charge in [-0.3, -0.25) is 8.78 Å². The van der Waals surface area contributed by atoms with E-state index in [1.165, 1.54) is 0 Å². The fourth-order valence-electron chi connectivity index (χ4n) is 1.75. The molecule has 1 unspecified atom stereocenters. The number of hydrogen-bond acceptors (Lipinski definition) is 4. The predicted molar refractivity (Wildman–Crippen MR) is 75.7 cm³/mol. The lowest BCUT2D eigenvalue weighted by Gasteiger charge is -2.08. The Kier molecular flexibility index (Phi) is 4.90. The number of imidazole rings is 1. The van der Waals surface area contributed by atoms with Crippen LogP contribution in [0.4, 0.5) is 0 Å². The molecule has 0 spiro atoms. The number of pyridine rings is 1. The van der Waals surface area contributed by atoms with Crippen molar-refractivity contribution in [1.82, 2.24) is 14.5 Å². The minimum Gasteiger partial charge on any atom is -0.361 e. The van der Waals surface area contributed by atoms with Gasteiger partial charge >= 0.3 is 0 Å². The molecule has 0 aliphatic carbocycles. The number of aromatic nitrogens is 3. The first-order valence-corrected chi connectivity index (χ1v) is 8.00. The molecule has 0 N–H and O–H groups in total. The fraction of sp³-hybridized carbons (Fsp3) is 0.500. The van der Waals surface area contributed by atoms with Crippen molar-refractivity contribution in [3.05, 3.63) is 17.4 Å². The van der Waals surface area contributed by atoms with Crippen molar-refractivity contribution >= 4 is 33.4 Å². The number of ether oxygens (including phenoxy) is 1. The van der Waals surface area contributed by atoms with Crippen molar-refractivity contribution in [2.24, 2.45) is 0 Å². The van der Waals surface area contributed by atoms with Crippen LogP contribution in [0.25, 0.3) is 11.0 Å². The van der Waals surface area contributed by atoms with E-state index in [1.54, 1.807) is 23.1 Å². The first kappa shape index (κ1) is 14.4. The maximum Gasteiger partial charge on any atom is 0.201 e.